The van der Waals surface area contributed by atoms with E-state index in [2.05, 4.69) is 44.9 Å². The molecular formula is C14H22N4O. The van der Waals surface area contributed by atoms with E-state index in [-0.39, 0.29) is 5.92 Å². The maximum atomic E-state index is 9.92. The van der Waals surface area contributed by atoms with Gasteiger partial charge in [-0.15, -0.1) is 5.10 Å². The van der Waals surface area contributed by atoms with Crippen LogP contribution in [0.4, 0.5) is 5.69 Å². The molecule has 104 valence electrons. The molecule has 5 heteroatoms. The lowest BCUT2D eigenvalue weighted by Gasteiger charge is -2.22. The van der Waals surface area contributed by atoms with Crippen LogP contribution in [-0.2, 0) is 6.42 Å². The highest BCUT2D eigenvalue weighted by Gasteiger charge is 2.24. The molecule has 0 aliphatic rings. The third kappa shape index (κ3) is 1.93. The minimum absolute atomic E-state index is 0.273. The zero-order valence-electron chi connectivity index (χ0n) is 12.2. The highest BCUT2D eigenvalue weighted by molar-refractivity contribution is 5.93. The number of fused-ring (bicyclic) bond motifs is 1. The molecule has 1 aromatic heterocycles. The summed E-state index contributed by atoms with van der Waals surface area (Å²) in [5, 5.41) is 17.6. The van der Waals surface area contributed by atoms with Gasteiger partial charge < -0.3 is 10.9 Å². The maximum absolute atomic E-state index is 9.92. The second kappa shape index (κ2) is 4.72. The van der Waals surface area contributed by atoms with Crippen LogP contribution in [0.15, 0.2) is 0 Å². The lowest BCUT2D eigenvalue weighted by molar-refractivity contribution is 0.154. The lowest BCUT2D eigenvalue weighted by atomic mass is 9.84. The molecule has 0 aliphatic carbocycles. The molecule has 0 spiro atoms. The Morgan fingerprint density at radius 3 is 2.21 bits per heavy atom. The van der Waals surface area contributed by atoms with Crippen molar-refractivity contribution in [3.8, 4) is 0 Å². The molecule has 2 rings (SSSR count). The van der Waals surface area contributed by atoms with Crippen LogP contribution in [0.3, 0.4) is 0 Å². The average molecular weight is 262 g/mol. The van der Waals surface area contributed by atoms with Crippen molar-refractivity contribution in [3.05, 3.63) is 16.7 Å². The zero-order chi connectivity index (χ0) is 14.3. The first-order valence-electron chi connectivity index (χ1n) is 6.78. The van der Waals surface area contributed by atoms with Crippen molar-refractivity contribution in [3.63, 3.8) is 0 Å². The number of hydrogen-bond donors (Lipinski definition) is 2. The van der Waals surface area contributed by atoms with Gasteiger partial charge in [-0.05, 0) is 40.2 Å². The van der Waals surface area contributed by atoms with Crippen molar-refractivity contribution in [1.29, 1.82) is 0 Å². The molecule has 0 amide bonds. The summed E-state index contributed by atoms with van der Waals surface area (Å²) in [6.07, 6.45) is 0.854. The third-order valence-corrected chi connectivity index (χ3v) is 3.61. The first-order valence-corrected chi connectivity index (χ1v) is 6.78. The quantitative estimate of drug-likeness (QED) is 0.658. The fraction of sp³-hybridized carbons (Fsp3) is 0.571. The number of nitrogens with zero attached hydrogens (tertiary/aromatic N) is 3. The van der Waals surface area contributed by atoms with Crippen LogP contribution >= 0.6 is 0 Å². The van der Waals surface area contributed by atoms with E-state index in [4.69, 9.17) is 5.73 Å². The number of nitrogen functional groups attached to an aromatic ring is 1. The Morgan fingerprint density at radius 1 is 1.16 bits per heavy atom. The van der Waals surface area contributed by atoms with Gasteiger partial charge in [-0.2, -0.15) is 0 Å². The first kappa shape index (κ1) is 13.6. The Kier molecular flexibility index (Phi) is 3.39. The molecule has 2 aromatic rings. The summed E-state index contributed by atoms with van der Waals surface area (Å²) in [5.74, 6) is 0.615. The lowest BCUT2D eigenvalue weighted by Crippen LogP contribution is -2.10. The SMILES string of the molecule is CCc1c(C(C)C)c(C(C)C)c2c(nnn2O)c1N. The number of anilines is 1. The van der Waals surface area contributed by atoms with E-state index in [9.17, 15) is 5.21 Å². The van der Waals surface area contributed by atoms with Gasteiger partial charge in [-0.25, -0.2) is 0 Å². The van der Waals surface area contributed by atoms with Crippen LogP contribution in [-0.4, -0.2) is 20.4 Å². The normalized spacial score (nSPS) is 11.9. The number of hydrogen-bond acceptors (Lipinski definition) is 4. The summed E-state index contributed by atoms with van der Waals surface area (Å²) in [5.41, 5.74) is 11.6. The molecule has 1 aromatic carbocycles. The summed E-state index contributed by atoms with van der Waals surface area (Å²) in [4.78, 5) is 0.854. The van der Waals surface area contributed by atoms with Crippen LogP contribution in [0.2, 0.25) is 0 Å². The van der Waals surface area contributed by atoms with Gasteiger partial charge >= 0.3 is 0 Å². The van der Waals surface area contributed by atoms with E-state index >= 15 is 0 Å². The summed E-state index contributed by atoms with van der Waals surface area (Å²) in [6, 6.07) is 0. The van der Waals surface area contributed by atoms with Crippen molar-refractivity contribution < 1.29 is 5.21 Å². The van der Waals surface area contributed by atoms with Crippen molar-refractivity contribution >= 4 is 16.7 Å². The molecule has 0 saturated heterocycles. The number of rotatable bonds is 3. The third-order valence-electron chi connectivity index (χ3n) is 3.61. The van der Waals surface area contributed by atoms with Crippen molar-refractivity contribution in [2.75, 3.05) is 5.73 Å². The molecule has 0 radical (unpaired) electrons. The molecule has 0 fully saturated rings. The number of nitrogens with two attached hydrogens (primary N) is 1. The monoisotopic (exact) mass is 262 g/mol. The number of aromatic nitrogens is 3. The molecule has 0 unspecified atom stereocenters. The summed E-state index contributed by atoms with van der Waals surface area (Å²) < 4.78 is 0. The van der Waals surface area contributed by atoms with Crippen molar-refractivity contribution in [2.45, 2.75) is 52.9 Å². The average Bonchev–Trinajstić information content (AvgIpc) is 2.71. The molecule has 0 saturated carbocycles. The van der Waals surface area contributed by atoms with Crippen LogP contribution in [0.5, 0.6) is 0 Å². The Hall–Kier alpha value is -1.78. The van der Waals surface area contributed by atoms with Crippen LogP contribution in [0, 0.1) is 0 Å². The fourth-order valence-corrected chi connectivity index (χ4v) is 2.89. The van der Waals surface area contributed by atoms with Gasteiger partial charge in [0.2, 0.25) is 0 Å². The molecule has 3 N–H and O–H groups in total. The standard InChI is InChI=1S/C14H22N4O/c1-6-9-10(7(2)3)11(8(4)5)14-13(12(9)15)16-17-18(14)19/h7-8,19H,6,15H2,1-5H3. The first-order chi connectivity index (χ1) is 8.90. The topological polar surface area (TPSA) is 77.0 Å². The van der Waals surface area contributed by atoms with Crippen LogP contribution in [0.1, 0.15) is 63.1 Å². The minimum Gasteiger partial charge on any atom is -0.410 e. The van der Waals surface area contributed by atoms with Gasteiger partial charge in [0.25, 0.3) is 0 Å². The van der Waals surface area contributed by atoms with E-state index in [1.807, 2.05) is 0 Å². The smallest absolute Gasteiger partial charge is 0.140 e. The Bertz CT molecular complexity index is 614. The zero-order valence-corrected chi connectivity index (χ0v) is 12.2. The van der Waals surface area contributed by atoms with E-state index in [1.165, 1.54) is 5.56 Å². The van der Waals surface area contributed by atoms with Crippen molar-refractivity contribution in [1.82, 2.24) is 15.2 Å². The van der Waals surface area contributed by atoms with Gasteiger partial charge in [0.05, 0.1) is 5.69 Å². The molecule has 19 heavy (non-hydrogen) atoms. The second-order valence-electron chi connectivity index (χ2n) is 5.56. The number of benzene rings is 1. The van der Waals surface area contributed by atoms with Gasteiger partial charge in [0.15, 0.2) is 0 Å². The van der Waals surface area contributed by atoms with Gasteiger partial charge in [0.1, 0.15) is 11.0 Å². The Balaban J connectivity index is 3.02. The van der Waals surface area contributed by atoms with E-state index in [0.717, 1.165) is 22.4 Å². The molecule has 0 atom stereocenters. The van der Waals surface area contributed by atoms with Crippen LogP contribution < -0.4 is 5.73 Å². The minimum atomic E-state index is 0.273. The Morgan fingerprint density at radius 2 is 1.74 bits per heavy atom. The molecule has 5 nitrogen and oxygen atoms in total. The van der Waals surface area contributed by atoms with E-state index < -0.39 is 0 Å². The summed E-state index contributed by atoms with van der Waals surface area (Å²) in [7, 11) is 0. The molecule has 0 bridgehead atoms. The fourth-order valence-electron chi connectivity index (χ4n) is 2.89. The van der Waals surface area contributed by atoms with E-state index in [1.54, 1.807) is 0 Å². The highest BCUT2D eigenvalue weighted by Crippen LogP contribution is 2.39. The molecule has 1 heterocycles. The second-order valence-corrected chi connectivity index (χ2v) is 5.56. The van der Waals surface area contributed by atoms with Gasteiger partial charge in [0, 0.05) is 0 Å². The molecule has 0 aliphatic heterocycles. The summed E-state index contributed by atoms with van der Waals surface area (Å²) >= 11 is 0. The predicted octanol–water partition coefficient (Wildman–Crippen LogP) is 3.06. The van der Waals surface area contributed by atoms with Crippen LogP contribution in [0.25, 0.3) is 11.0 Å². The maximum Gasteiger partial charge on any atom is 0.140 e. The highest BCUT2D eigenvalue weighted by atomic mass is 16.5. The largest absolute Gasteiger partial charge is 0.410 e. The van der Waals surface area contributed by atoms with Crippen molar-refractivity contribution in [2.24, 2.45) is 0 Å². The van der Waals surface area contributed by atoms with E-state index in [0.29, 0.717) is 22.6 Å². The Labute approximate surface area is 113 Å². The van der Waals surface area contributed by atoms with Gasteiger partial charge in [-0.3, -0.25) is 0 Å². The predicted molar refractivity (Wildman–Crippen MR) is 76.7 cm³/mol. The van der Waals surface area contributed by atoms with Gasteiger partial charge in [-0.1, -0.05) is 39.5 Å². The summed E-state index contributed by atoms with van der Waals surface area (Å²) in [6.45, 7) is 10.6. The molecular weight excluding hydrogens is 240 g/mol.